The van der Waals surface area contributed by atoms with Crippen LogP contribution in [0, 0.1) is 0 Å². The molecule has 6 rings (SSSR count). The van der Waals surface area contributed by atoms with Gasteiger partial charge in [-0.15, -0.1) is 0 Å². The van der Waals surface area contributed by atoms with Crippen molar-refractivity contribution in [3.05, 3.63) is 131 Å². The van der Waals surface area contributed by atoms with Crippen molar-refractivity contribution in [3.8, 4) is 11.1 Å². The molecule has 0 bridgehead atoms. The number of amides is 6. The monoisotopic (exact) mass is 927 g/mol. The van der Waals surface area contributed by atoms with Gasteiger partial charge in [-0.3, -0.25) is 28.8 Å². The summed E-state index contributed by atoms with van der Waals surface area (Å²) in [6.45, 7) is 9.71. The van der Waals surface area contributed by atoms with Crippen LogP contribution in [0.25, 0.3) is 11.1 Å². The molecule has 0 radical (unpaired) electrons. The van der Waals surface area contributed by atoms with E-state index in [-0.39, 0.29) is 47.5 Å². The van der Waals surface area contributed by atoms with Crippen molar-refractivity contribution in [2.45, 2.75) is 102 Å². The van der Waals surface area contributed by atoms with Crippen LogP contribution in [0.1, 0.15) is 85.2 Å². The Morgan fingerprint density at radius 1 is 0.515 bits per heavy atom. The van der Waals surface area contributed by atoms with E-state index >= 15 is 0 Å². The topological polar surface area (TPSA) is 163 Å². The molecule has 4 aromatic carbocycles. The van der Waals surface area contributed by atoms with Gasteiger partial charge in [-0.25, -0.2) is 0 Å². The standard InChI is InChI=1S/C54H70N8O6/c1-37(55-5)49(63)57-39(3)51(65)61-31-13-19-47(61)35-59(33-29-41-15-9-7-10-16-41)53(67)45-25-21-43(22-26-45)44-23-27-46(28-24-44)54(68)60(34-30-42-17-11-8-12-18-42)36-48-20-14-32-62(48)52(66)40(4)58-50(64)38(2)56-6/h7-12,15-18,21-28,37-40,47-48,55-56H,13-14,19-20,29-36H2,1-6H3,(H,57,63)(H,58,64)/t37-,38-,39-,40-,47-,48-/m0/s1. The van der Waals surface area contributed by atoms with Crippen molar-refractivity contribution in [1.29, 1.82) is 0 Å². The zero-order valence-corrected chi connectivity index (χ0v) is 40.6. The molecule has 2 fully saturated rings. The van der Waals surface area contributed by atoms with Gasteiger partial charge in [0.15, 0.2) is 0 Å². The number of hydrogen-bond donors (Lipinski definition) is 4. The molecule has 6 amide bonds. The largest absolute Gasteiger partial charge is 0.343 e. The first-order chi connectivity index (χ1) is 32.8. The lowest BCUT2D eigenvalue weighted by atomic mass is 10.0. The number of likely N-dealkylation sites (tertiary alicyclic amines) is 2. The molecule has 362 valence electrons. The number of nitrogens with one attached hydrogen (secondary N) is 4. The minimum atomic E-state index is -0.699. The average Bonchev–Trinajstić information content (AvgIpc) is 4.05. The average molecular weight is 927 g/mol. The fourth-order valence-electron chi connectivity index (χ4n) is 9.04. The van der Waals surface area contributed by atoms with Gasteiger partial charge < -0.3 is 40.9 Å². The Morgan fingerprint density at radius 3 is 1.21 bits per heavy atom. The fraction of sp³-hybridized carbons (Fsp3) is 0.444. The molecule has 0 aromatic heterocycles. The lowest BCUT2D eigenvalue weighted by Gasteiger charge is -2.33. The van der Waals surface area contributed by atoms with Crippen molar-refractivity contribution in [1.82, 2.24) is 40.9 Å². The van der Waals surface area contributed by atoms with Crippen LogP contribution in [-0.2, 0) is 32.0 Å². The predicted molar refractivity (Wildman–Crippen MR) is 266 cm³/mol. The van der Waals surface area contributed by atoms with E-state index in [9.17, 15) is 28.8 Å². The van der Waals surface area contributed by atoms with Gasteiger partial charge in [0.25, 0.3) is 11.8 Å². The molecule has 2 aliphatic rings. The molecule has 0 saturated carbocycles. The summed E-state index contributed by atoms with van der Waals surface area (Å²) in [5, 5.41) is 11.5. The molecule has 14 nitrogen and oxygen atoms in total. The van der Waals surface area contributed by atoms with E-state index < -0.39 is 24.2 Å². The first-order valence-electron chi connectivity index (χ1n) is 24.2. The van der Waals surface area contributed by atoms with Crippen molar-refractivity contribution in [2.75, 3.05) is 53.4 Å². The maximum Gasteiger partial charge on any atom is 0.253 e. The first kappa shape index (κ1) is 51.0. The number of hydrogen-bond acceptors (Lipinski definition) is 8. The molecule has 2 aliphatic heterocycles. The van der Waals surface area contributed by atoms with Crippen LogP contribution in [0.2, 0.25) is 0 Å². The first-order valence-corrected chi connectivity index (χ1v) is 24.2. The second kappa shape index (κ2) is 24.6. The van der Waals surface area contributed by atoms with E-state index in [1.807, 2.05) is 129 Å². The number of carbonyl (C=O) groups is 6. The maximum atomic E-state index is 14.4. The molecule has 6 atom stereocenters. The van der Waals surface area contributed by atoms with E-state index in [0.29, 0.717) is 63.2 Å². The summed E-state index contributed by atoms with van der Waals surface area (Å²) in [4.78, 5) is 88.5. The van der Waals surface area contributed by atoms with Crippen molar-refractivity contribution < 1.29 is 28.8 Å². The molecular weight excluding hydrogens is 857 g/mol. The Morgan fingerprint density at radius 2 is 0.868 bits per heavy atom. The van der Waals surface area contributed by atoms with E-state index in [2.05, 4.69) is 21.3 Å². The summed E-state index contributed by atoms with van der Waals surface area (Å²) in [5.74, 6) is -1.06. The fourth-order valence-corrected chi connectivity index (χ4v) is 9.04. The van der Waals surface area contributed by atoms with Gasteiger partial charge in [0.2, 0.25) is 23.6 Å². The van der Waals surface area contributed by atoms with Gasteiger partial charge in [-0.05, 0) is 127 Å². The summed E-state index contributed by atoms with van der Waals surface area (Å²) in [6.07, 6.45) is 4.45. The van der Waals surface area contributed by atoms with Gasteiger partial charge in [0, 0.05) is 62.5 Å². The van der Waals surface area contributed by atoms with Crippen LogP contribution in [0.15, 0.2) is 109 Å². The van der Waals surface area contributed by atoms with Crippen LogP contribution in [-0.4, -0.2) is 145 Å². The Labute approximate surface area is 402 Å². The van der Waals surface area contributed by atoms with Crippen molar-refractivity contribution >= 4 is 35.4 Å². The normalized spacial score (nSPS) is 17.4. The predicted octanol–water partition coefficient (Wildman–Crippen LogP) is 4.93. The highest BCUT2D eigenvalue weighted by Gasteiger charge is 2.36. The molecule has 68 heavy (non-hydrogen) atoms. The number of rotatable bonds is 21. The number of likely N-dealkylation sites (N-methyl/N-ethyl adjacent to an activating group) is 2. The molecule has 0 aliphatic carbocycles. The molecular formula is C54H70N8O6. The van der Waals surface area contributed by atoms with Gasteiger partial charge in [-0.1, -0.05) is 84.9 Å². The van der Waals surface area contributed by atoms with Crippen LogP contribution in [0.4, 0.5) is 0 Å². The zero-order valence-electron chi connectivity index (χ0n) is 40.6. The van der Waals surface area contributed by atoms with Crippen LogP contribution >= 0.6 is 0 Å². The zero-order chi connectivity index (χ0) is 48.7. The van der Waals surface area contributed by atoms with E-state index in [1.165, 1.54) is 0 Å². The number of benzene rings is 4. The Kier molecular flexibility index (Phi) is 18.4. The third-order valence-corrected chi connectivity index (χ3v) is 13.5. The Balaban J connectivity index is 1.15. The highest BCUT2D eigenvalue weighted by Crippen LogP contribution is 2.26. The van der Waals surface area contributed by atoms with Crippen LogP contribution in [0.5, 0.6) is 0 Å². The van der Waals surface area contributed by atoms with E-state index in [4.69, 9.17) is 0 Å². The Hall–Kier alpha value is -6.38. The van der Waals surface area contributed by atoms with Gasteiger partial charge in [-0.2, -0.15) is 0 Å². The molecule has 0 spiro atoms. The molecule has 2 saturated heterocycles. The summed E-state index contributed by atoms with van der Waals surface area (Å²) in [6, 6.07) is 32.4. The van der Waals surface area contributed by atoms with E-state index in [1.54, 1.807) is 41.8 Å². The summed E-state index contributed by atoms with van der Waals surface area (Å²) in [5.41, 5.74) is 5.06. The SMILES string of the molecule is CN[C@@H](C)C(=O)N[C@@H](C)C(=O)N1CCC[C@H]1CN(CCc1ccccc1)C(=O)c1ccc(-c2ccc(C(=O)N(CCc3ccccc3)C[C@@H]3CCCN3C(=O)[C@H](C)NC(=O)[C@H](C)NC)cc2)cc1. The van der Waals surface area contributed by atoms with Crippen molar-refractivity contribution in [2.24, 2.45) is 0 Å². The lowest BCUT2D eigenvalue weighted by Crippen LogP contribution is -2.54. The van der Waals surface area contributed by atoms with Crippen molar-refractivity contribution in [3.63, 3.8) is 0 Å². The summed E-state index contributed by atoms with van der Waals surface area (Å²) >= 11 is 0. The quantitative estimate of drug-likeness (QED) is 0.0915. The van der Waals surface area contributed by atoms with Gasteiger partial charge in [0.1, 0.15) is 12.1 Å². The lowest BCUT2D eigenvalue weighted by molar-refractivity contribution is -0.137. The number of carbonyl (C=O) groups excluding carboxylic acids is 6. The second-order valence-corrected chi connectivity index (χ2v) is 18.3. The van der Waals surface area contributed by atoms with Crippen LogP contribution in [0.3, 0.4) is 0 Å². The van der Waals surface area contributed by atoms with Gasteiger partial charge >= 0.3 is 0 Å². The smallest absolute Gasteiger partial charge is 0.253 e. The van der Waals surface area contributed by atoms with Gasteiger partial charge in [0.05, 0.1) is 12.1 Å². The number of nitrogens with zero attached hydrogens (tertiary/aromatic N) is 4. The maximum absolute atomic E-state index is 14.4. The molecule has 4 N–H and O–H groups in total. The summed E-state index contributed by atoms with van der Waals surface area (Å²) in [7, 11) is 3.40. The molecule has 14 heteroatoms. The second-order valence-electron chi connectivity index (χ2n) is 18.3. The van der Waals surface area contributed by atoms with Crippen LogP contribution < -0.4 is 21.3 Å². The van der Waals surface area contributed by atoms with E-state index in [0.717, 1.165) is 47.9 Å². The third kappa shape index (κ3) is 13.4. The highest BCUT2D eigenvalue weighted by atomic mass is 16.2. The highest BCUT2D eigenvalue weighted by molar-refractivity contribution is 5.96. The third-order valence-electron chi connectivity index (χ3n) is 13.5. The molecule has 2 heterocycles. The Bertz CT molecular complexity index is 2150. The summed E-state index contributed by atoms with van der Waals surface area (Å²) < 4.78 is 0. The molecule has 4 aromatic rings. The molecule has 0 unspecified atom stereocenters. The minimum absolute atomic E-state index is 0.127. The minimum Gasteiger partial charge on any atom is -0.343 e.